The van der Waals surface area contributed by atoms with Crippen LogP contribution in [0.4, 0.5) is 0 Å². The monoisotopic (exact) mass is 283 g/mol. The van der Waals surface area contributed by atoms with Crippen molar-refractivity contribution < 1.29 is 14.7 Å². The highest BCUT2D eigenvalue weighted by molar-refractivity contribution is 6.29. The van der Waals surface area contributed by atoms with E-state index in [-0.39, 0.29) is 16.8 Å². The normalized spacial score (nSPS) is 18.1. The number of carbonyl (C=O) groups excluding carboxylic acids is 1. The number of nitrogens with zero attached hydrogens (tertiary/aromatic N) is 3. The van der Waals surface area contributed by atoms with Crippen LogP contribution in [-0.4, -0.2) is 45.2 Å². The predicted molar refractivity (Wildman–Crippen MR) is 67.9 cm³/mol. The fourth-order valence-corrected chi connectivity index (χ4v) is 2.11. The minimum atomic E-state index is -0.814. The molecule has 0 aliphatic carbocycles. The van der Waals surface area contributed by atoms with Crippen molar-refractivity contribution in [2.24, 2.45) is 5.41 Å². The zero-order valence-corrected chi connectivity index (χ0v) is 11.2. The van der Waals surface area contributed by atoms with Crippen LogP contribution in [-0.2, 0) is 4.79 Å². The van der Waals surface area contributed by atoms with Gasteiger partial charge in [-0.25, -0.2) is 0 Å². The fraction of sp³-hybridized carbons (Fsp3) is 0.500. The summed E-state index contributed by atoms with van der Waals surface area (Å²) in [6, 6.07) is 3.02. The molecule has 1 N–H and O–H groups in total. The second kappa shape index (κ2) is 5.13. The van der Waals surface area contributed by atoms with E-state index in [9.17, 15) is 9.59 Å². The number of hydrogen-bond donors (Lipinski definition) is 1. The number of carboxylic acid groups (broad SMARTS) is 1. The van der Waals surface area contributed by atoms with Crippen LogP contribution < -0.4 is 0 Å². The molecule has 0 spiro atoms. The Morgan fingerprint density at radius 1 is 1.32 bits per heavy atom. The number of aromatic nitrogens is 2. The molecule has 1 aliphatic rings. The van der Waals surface area contributed by atoms with E-state index in [2.05, 4.69) is 10.2 Å². The third-order valence-corrected chi connectivity index (χ3v) is 3.72. The maximum Gasteiger partial charge on any atom is 0.309 e. The molecular weight excluding hydrogens is 270 g/mol. The number of piperidine rings is 1. The van der Waals surface area contributed by atoms with Crippen molar-refractivity contribution in [3.8, 4) is 0 Å². The summed E-state index contributed by atoms with van der Waals surface area (Å²) >= 11 is 5.61. The molecule has 102 valence electrons. The van der Waals surface area contributed by atoms with Gasteiger partial charge >= 0.3 is 5.97 Å². The Hall–Kier alpha value is -1.69. The Kier molecular flexibility index (Phi) is 3.71. The largest absolute Gasteiger partial charge is 0.481 e. The van der Waals surface area contributed by atoms with Gasteiger partial charge in [0, 0.05) is 13.1 Å². The molecule has 1 amide bonds. The average Bonchev–Trinajstić information content (AvgIpc) is 2.39. The summed E-state index contributed by atoms with van der Waals surface area (Å²) in [7, 11) is 0. The van der Waals surface area contributed by atoms with Gasteiger partial charge in [-0.2, -0.15) is 0 Å². The molecule has 0 atom stereocenters. The SMILES string of the molecule is CC1(C(=O)O)CCN(C(=O)c2ccc(Cl)nn2)CC1. The molecular formula is C12H14ClN3O3. The highest BCUT2D eigenvalue weighted by Crippen LogP contribution is 2.31. The molecule has 0 unspecified atom stereocenters. The van der Waals surface area contributed by atoms with Gasteiger partial charge in [0.05, 0.1) is 5.41 Å². The summed E-state index contributed by atoms with van der Waals surface area (Å²) in [4.78, 5) is 24.8. The van der Waals surface area contributed by atoms with Crippen molar-refractivity contribution in [2.75, 3.05) is 13.1 Å². The Bertz CT molecular complexity index is 495. The van der Waals surface area contributed by atoms with E-state index in [1.54, 1.807) is 11.8 Å². The van der Waals surface area contributed by atoms with Gasteiger partial charge in [0.2, 0.25) is 0 Å². The quantitative estimate of drug-likeness (QED) is 0.888. The number of rotatable bonds is 2. The zero-order chi connectivity index (χ0) is 14.0. The maximum absolute atomic E-state index is 12.1. The lowest BCUT2D eigenvalue weighted by Gasteiger charge is -2.36. The van der Waals surface area contributed by atoms with Crippen LogP contribution >= 0.6 is 11.6 Å². The van der Waals surface area contributed by atoms with Gasteiger partial charge in [-0.15, -0.1) is 10.2 Å². The number of amides is 1. The molecule has 1 aromatic heterocycles. The number of halogens is 1. The molecule has 1 saturated heterocycles. The van der Waals surface area contributed by atoms with Crippen molar-refractivity contribution in [3.05, 3.63) is 23.0 Å². The highest BCUT2D eigenvalue weighted by Gasteiger charge is 2.38. The molecule has 19 heavy (non-hydrogen) atoms. The fourth-order valence-electron chi connectivity index (χ4n) is 2.01. The second-order valence-corrected chi connectivity index (χ2v) is 5.29. The van der Waals surface area contributed by atoms with Crippen molar-refractivity contribution in [3.63, 3.8) is 0 Å². The Morgan fingerprint density at radius 2 is 1.95 bits per heavy atom. The lowest BCUT2D eigenvalue weighted by atomic mass is 9.80. The van der Waals surface area contributed by atoms with Crippen molar-refractivity contribution in [2.45, 2.75) is 19.8 Å². The first-order chi connectivity index (χ1) is 8.92. The number of likely N-dealkylation sites (tertiary alicyclic amines) is 1. The van der Waals surface area contributed by atoms with Crippen molar-refractivity contribution in [1.82, 2.24) is 15.1 Å². The third-order valence-electron chi connectivity index (χ3n) is 3.52. The molecule has 1 fully saturated rings. The van der Waals surface area contributed by atoms with Crippen LogP contribution in [0, 0.1) is 5.41 Å². The van der Waals surface area contributed by atoms with Gasteiger partial charge in [-0.3, -0.25) is 9.59 Å². The van der Waals surface area contributed by atoms with Crippen molar-refractivity contribution in [1.29, 1.82) is 0 Å². The van der Waals surface area contributed by atoms with Gasteiger partial charge in [-0.05, 0) is 31.9 Å². The smallest absolute Gasteiger partial charge is 0.309 e. The molecule has 7 heteroatoms. The first-order valence-corrected chi connectivity index (χ1v) is 6.32. The zero-order valence-electron chi connectivity index (χ0n) is 10.5. The summed E-state index contributed by atoms with van der Waals surface area (Å²) in [5.74, 6) is -1.05. The van der Waals surface area contributed by atoms with Gasteiger partial charge in [0.1, 0.15) is 0 Å². The minimum Gasteiger partial charge on any atom is -0.481 e. The van der Waals surface area contributed by atoms with Gasteiger partial charge in [-0.1, -0.05) is 11.6 Å². The number of carbonyl (C=O) groups is 2. The first kappa shape index (κ1) is 13.7. The minimum absolute atomic E-state index is 0.225. The molecule has 0 bridgehead atoms. The van der Waals surface area contributed by atoms with E-state index < -0.39 is 11.4 Å². The molecule has 2 rings (SSSR count). The lowest BCUT2D eigenvalue weighted by Crippen LogP contribution is -2.45. The molecule has 1 aromatic rings. The standard InChI is InChI=1S/C12H14ClN3O3/c1-12(11(18)19)4-6-16(7-5-12)10(17)8-2-3-9(13)15-14-8/h2-3H,4-7H2,1H3,(H,18,19). The van der Waals surface area contributed by atoms with Crippen molar-refractivity contribution >= 4 is 23.5 Å². The van der Waals surface area contributed by atoms with E-state index in [0.29, 0.717) is 25.9 Å². The van der Waals surface area contributed by atoms with Gasteiger partial charge in [0.15, 0.2) is 10.8 Å². The average molecular weight is 284 g/mol. The molecule has 1 aliphatic heterocycles. The molecule has 6 nitrogen and oxygen atoms in total. The highest BCUT2D eigenvalue weighted by atomic mass is 35.5. The molecule has 2 heterocycles. The number of carboxylic acids is 1. The summed E-state index contributed by atoms with van der Waals surface area (Å²) in [6.07, 6.45) is 0.879. The van der Waals surface area contributed by atoms with Crippen LogP contribution in [0.1, 0.15) is 30.3 Å². The summed E-state index contributed by atoms with van der Waals surface area (Å²) in [6.45, 7) is 2.52. The predicted octanol–water partition coefficient (Wildman–Crippen LogP) is 1.46. The number of aliphatic carboxylic acids is 1. The van der Waals surface area contributed by atoms with E-state index in [0.717, 1.165) is 0 Å². The topological polar surface area (TPSA) is 83.4 Å². The van der Waals surface area contributed by atoms with E-state index in [4.69, 9.17) is 16.7 Å². The lowest BCUT2D eigenvalue weighted by molar-refractivity contribution is -0.150. The van der Waals surface area contributed by atoms with Crippen LogP contribution in [0.15, 0.2) is 12.1 Å². The Labute approximate surface area is 115 Å². The van der Waals surface area contributed by atoms with Gasteiger partial charge in [0.25, 0.3) is 5.91 Å². The van der Waals surface area contributed by atoms with Crippen LogP contribution in [0.25, 0.3) is 0 Å². The first-order valence-electron chi connectivity index (χ1n) is 5.94. The summed E-state index contributed by atoms with van der Waals surface area (Å²) < 4.78 is 0. The van der Waals surface area contributed by atoms with E-state index >= 15 is 0 Å². The third kappa shape index (κ3) is 2.84. The van der Waals surface area contributed by atoms with E-state index in [1.807, 2.05) is 0 Å². The van der Waals surface area contributed by atoms with Crippen LogP contribution in [0.3, 0.4) is 0 Å². The number of hydrogen-bond acceptors (Lipinski definition) is 4. The van der Waals surface area contributed by atoms with Gasteiger partial charge < -0.3 is 10.0 Å². The maximum atomic E-state index is 12.1. The van der Waals surface area contributed by atoms with Crippen LogP contribution in [0.2, 0.25) is 5.15 Å². The Morgan fingerprint density at radius 3 is 2.42 bits per heavy atom. The van der Waals surface area contributed by atoms with Crippen LogP contribution in [0.5, 0.6) is 0 Å². The summed E-state index contributed by atoms with van der Waals surface area (Å²) in [5, 5.41) is 16.7. The Balaban J connectivity index is 2.04. The molecule has 0 saturated carbocycles. The second-order valence-electron chi connectivity index (χ2n) is 4.90. The molecule has 0 aromatic carbocycles. The molecule has 0 radical (unpaired) electrons. The van der Waals surface area contributed by atoms with E-state index in [1.165, 1.54) is 12.1 Å². The summed E-state index contributed by atoms with van der Waals surface area (Å²) in [5.41, 5.74) is -0.522.